The second-order valence-electron chi connectivity index (χ2n) is 3.98. The van der Waals surface area contributed by atoms with Crippen molar-refractivity contribution in [3.05, 3.63) is 54.9 Å². The highest BCUT2D eigenvalue weighted by molar-refractivity contribution is 7.18. The second kappa shape index (κ2) is 6.10. The van der Waals surface area contributed by atoms with Gasteiger partial charge in [-0.2, -0.15) is 0 Å². The fourth-order valence-corrected chi connectivity index (χ4v) is 2.33. The number of nitrogens with one attached hydrogen (secondary N) is 1. The smallest absolute Gasteiger partial charge is 0.410 e. The summed E-state index contributed by atoms with van der Waals surface area (Å²) in [6.07, 6.45) is 2.47. The van der Waals surface area contributed by atoms with Crippen LogP contribution in [0.5, 0.6) is 5.75 Å². The fourth-order valence-electron chi connectivity index (χ4n) is 1.60. The molecule has 3 aromatic rings. The maximum Gasteiger partial charge on any atom is 0.418 e. The Labute approximate surface area is 124 Å². The third-order valence-electron chi connectivity index (χ3n) is 2.52. The van der Waals surface area contributed by atoms with Gasteiger partial charge in [-0.3, -0.25) is 10.3 Å². The molecular weight excluding hydrogens is 288 g/mol. The Balaban J connectivity index is 1.66. The molecule has 6 nitrogen and oxygen atoms in total. The van der Waals surface area contributed by atoms with Gasteiger partial charge in [-0.15, -0.1) is 10.2 Å². The van der Waals surface area contributed by atoms with Gasteiger partial charge in [0, 0.05) is 18.0 Å². The van der Waals surface area contributed by atoms with Gasteiger partial charge in [-0.05, 0) is 12.1 Å². The quantitative estimate of drug-likeness (QED) is 0.803. The number of hydrogen-bond acceptors (Lipinski definition) is 6. The van der Waals surface area contributed by atoms with Gasteiger partial charge in [-0.1, -0.05) is 41.7 Å². The maximum absolute atomic E-state index is 11.7. The van der Waals surface area contributed by atoms with Gasteiger partial charge >= 0.3 is 6.09 Å². The van der Waals surface area contributed by atoms with Crippen molar-refractivity contribution in [2.24, 2.45) is 0 Å². The zero-order chi connectivity index (χ0) is 14.5. The van der Waals surface area contributed by atoms with Crippen LogP contribution < -0.4 is 10.1 Å². The Hall–Kier alpha value is -2.80. The molecule has 0 bridgehead atoms. The van der Waals surface area contributed by atoms with Crippen LogP contribution in [0.4, 0.5) is 9.93 Å². The van der Waals surface area contributed by atoms with E-state index in [0.717, 1.165) is 10.6 Å². The molecule has 104 valence electrons. The molecule has 3 rings (SSSR count). The number of carbonyl (C=O) groups excluding carboxylic acids is 1. The number of pyridine rings is 1. The van der Waals surface area contributed by atoms with Crippen molar-refractivity contribution < 1.29 is 9.53 Å². The van der Waals surface area contributed by atoms with Crippen LogP contribution >= 0.6 is 11.3 Å². The van der Waals surface area contributed by atoms with Crippen LogP contribution in [-0.4, -0.2) is 21.3 Å². The third kappa shape index (κ3) is 3.40. The summed E-state index contributed by atoms with van der Waals surface area (Å²) in [6, 6.07) is 12.8. The van der Waals surface area contributed by atoms with E-state index >= 15 is 0 Å². The summed E-state index contributed by atoms with van der Waals surface area (Å²) in [7, 11) is 0. The van der Waals surface area contributed by atoms with E-state index in [4.69, 9.17) is 4.74 Å². The van der Waals surface area contributed by atoms with Crippen molar-refractivity contribution in [3.63, 3.8) is 0 Å². The largest absolute Gasteiger partial charge is 0.418 e. The number of rotatable bonds is 3. The normalized spacial score (nSPS) is 10.1. The average Bonchev–Trinajstić information content (AvgIpc) is 2.97. The summed E-state index contributed by atoms with van der Waals surface area (Å²) in [6.45, 7) is 0. The Morgan fingerprint density at radius 3 is 2.57 bits per heavy atom. The molecule has 0 atom stereocenters. The van der Waals surface area contributed by atoms with Crippen LogP contribution in [0, 0.1) is 0 Å². The zero-order valence-electron chi connectivity index (χ0n) is 10.8. The monoisotopic (exact) mass is 298 g/mol. The number of hydrogen-bond donors (Lipinski definition) is 1. The molecule has 0 fully saturated rings. The highest BCUT2D eigenvalue weighted by Gasteiger charge is 2.10. The molecular formula is C14H10N4O2S. The van der Waals surface area contributed by atoms with Crippen molar-refractivity contribution in [2.45, 2.75) is 0 Å². The first-order chi connectivity index (χ1) is 10.3. The van der Waals surface area contributed by atoms with E-state index in [1.807, 2.05) is 30.3 Å². The highest BCUT2D eigenvalue weighted by Crippen LogP contribution is 2.26. The molecule has 0 spiro atoms. The summed E-state index contributed by atoms with van der Waals surface area (Å²) in [5, 5.41) is 11.6. The van der Waals surface area contributed by atoms with Gasteiger partial charge in [0.2, 0.25) is 5.13 Å². The van der Waals surface area contributed by atoms with Crippen molar-refractivity contribution in [1.29, 1.82) is 0 Å². The van der Waals surface area contributed by atoms with Crippen LogP contribution in [0.25, 0.3) is 10.6 Å². The van der Waals surface area contributed by atoms with Gasteiger partial charge in [-0.25, -0.2) is 4.79 Å². The van der Waals surface area contributed by atoms with E-state index in [0.29, 0.717) is 10.9 Å². The number of carbonyl (C=O) groups is 1. The molecule has 0 radical (unpaired) electrons. The minimum atomic E-state index is -0.614. The topological polar surface area (TPSA) is 77.0 Å². The summed E-state index contributed by atoms with van der Waals surface area (Å²) in [5.41, 5.74) is 0.950. The van der Waals surface area contributed by atoms with E-state index < -0.39 is 6.09 Å². The zero-order valence-corrected chi connectivity index (χ0v) is 11.6. The lowest BCUT2D eigenvalue weighted by Gasteiger charge is -2.02. The van der Waals surface area contributed by atoms with Crippen LogP contribution in [0.3, 0.4) is 0 Å². The Morgan fingerprint density at radius 1 is 1.05 bits per heavy atom. The predicted octanol–water partition coefficient (Wildman–Crippen LogP) is 3.21. The molecule has 2 heterocycles. The lowest BCUT2D eigenvalue weighted by atomic mass is 10.2. The standard InChI is InChI=1S/C14H10N4O2S/c19-14(20-11-6-8-15-9-7-11)16-13-18-17-12(21-13)10-4-2-1-3-5-10/h1-9H,(H,16,18,19). The number of nitrogens with zero attached hydrogens (tertiary/aromatic N) is 3. The summed E-state index contributed by atoms with van der Waals surface area (Å²) >= 11 is 1.28. The highest BCUT2D eigenvalue weighted by atomic mass is 32.1. The third-order valence-corrected chi connectivity index (χ3v) is 3.40. The molecule has 2 aromatic heterocycles. The molecule has 0 aliphatic carbocycles. The molecule has 0 aliphatic rings. The van der Waals surface area contributed by atoms with E-state index in [1.165, 1.54) is 11.3 Å². The lowest BCUT2D eigenvalue weighted by molar-refractivity contribution is 0.215. The van der Waals surface area contributed by atoms with Crippen molar-refractivity contribution in [2.75, 3.05) is 5.32 Å². The van der Waals surface area contributed by atoms with Gasteiger partial charge in [0.25, 0.3) is 0 Å². The van der Waals surface area contributed by atoms with E-state index in [9.17, 15) is 4.79 Å². The van der Waals surface area contributed by atoms with Crippen LogP contribution in [0.1, 0.15) is 0 Å². The molecule has 1 amide bonds. The molecule has 0 saturated carbocycles. The van der Waals surface area contributed by atoms with Gasteiger partial charge in [0.05, 0.1) is 0 Å². The van der Waals surface area contributed by atoms with Crippen molar-refractivity contribution >= 4 is 22.6 Å². The lowest BCUT2D eigenvalue weighted by Crippen LogP contribution is -2.16. The maximum atomic E-state index is 11.7. The summed E-state index contributed by atoms with van der Waals surface area (Å²) in [4.78, 5) is 15.6. The van der Waals surface area contributed by atoms with Gasteiger partial charge < -0.3 is 4.74 Å². The van der Waals surface area contributed by atoms with Crippen LogP contribution in [-0.2, 0) is 0 Å². The molecule has 7 heteroatoms. The molecule has 21 heavy (non-hydrogen) atoms. The SMILES string of the molecule is O=C(Nc1nnc(-c2ccccc2)s1)Oc1ccncc1. The molecule has 1 N–H and O–H groups in total. The van der Waals surface area contributed by atoms with Crippen LogP contribution in [0.2, 0.25) is 0 Å². The minimum absolute atomic E-state index is 0.382. The second-order valence-corrected chi connectivity index (χ2v) is 4.95. The van der Waals surface area contributed by atoms with E-state index in [2.05, 4.69) is 20.5 Å². The number of aromatic nitrogens is 3. The van der Waals surface area contributed by atoms with Gasteiger partial charge in [0.15, 0.2) is 0 Å². The molecule has 0 saturated heterocycles. The first-order valence-electron chi connectivity index (χ1n) is 6.09. The Morgan fingerprint density at radius 2 is 1.81 bits per heavy atom. The van der Waals surface area contributed by atoms with Crippen molar-refractivity contribution in [3.8, 4) is 16.3 Å². The first-order valence-corrected chi connectivity index (χ1v) is 6.91. The van der Waals surface area contributed by atoms with Crippen LogP contribution in [0.15, 0.2) is 54.9 Å². The molecule has 1 aromatic carbocycles. The van der Waals surface area contributed by atoms with E-state index in [1.54, 1.807) is 24.5 Å². The Bertz CT molecular complexity index is 731. The number of benzene rings is 1. The van der Waals surface area contributed by atoms with Crippen molar-refractivity contribution in [1.82, 2.24) is 15.2 Å². The molecule has 0 unspecified atom stereocenters. The van der Waals surface area contributed by atoms with E-state index in [-0.39, 0.29) is 0 Å². The predicted molar refractivity (Wildman–Crippen MR) is 79.2 cm³/mol. The first kappa shape index (κ1) is 13.2. The number of ether oxygens (including phenoxy) is 1. The number of amides is 1. The summed E-state index contributed by atoms with van der Waals surface area (Å²) < 4.78 is 5.08. The van der Waals surface area contributed by atoms with Gasteiger partial charge in [0.1, 0.15) is 10.8 Å². The number of anilines is 1. The fraction of sp³-hybridized carbons (Fsp3) is 0. The Kier molecular flexibility index (Phi) is 3.83. The summed E-state index contributed by atoms with van der Waals surface area (Å²) in [5.74, 6) is 0.412. The minimum Gasteiger partial charge on any atom is -0.410 e. The molecule has 0 aliphatic heterocycles. The average molecular weight is 298 g/mol.